The lowest BCUT2D eigenvalue weighted by Crippen LogP contribution is -2.22. The second kappa shape index (κ2) is 6.72. The molecule has 0 spiro atoms. The third-order valence-corrected chi connectivity index (χ3v) is 3.14. The van der Waals surface area contributed by atoms with Crippen LogP contribution in [0, 0.1) is 0 Å². The van der Waals surface area contributed by atoms with E-state index in [0.717, 1.165) is 17.0 Å². The average molecular weight is 295 g/mol. The van der Waals surface area contributed by atoms with E-state index in [0.29, 0.717) is 24.2 Å². The van der Waals surface area contributed by atoms with Crippen LogP contribution in [0.2, 0.25) is 5.02 Å². The van der Waals surface area contributed by atoms with Crippen LogP contribution in [0.5, 0.6) is 5.75 Å². The van der Waals surface area contributed by atoms with Crippen molar-refractivity contribution in [2.75, 3.05) is 0 Å². The van der Waals surface area contributed by atoms with E-state index < -0.39 is 0 Å². The van der Waals surface area contributed by atoms with Crippen LogP contribution in [-0.4, -0.2) is 21.0 Å². The molecule has 0 amide bonds. The molecular formula is C14H19ClN4O. The number of nitrogens with zero attached hydrogens (tertiary/aromatic N) is 3. The maximum atomic E-state index is 6.25. The van der Waals surface area contributed by atoms with Crippen LogP contribution in [0.3, 0.4) is 0 Å². The van der Waals surface area contributed by atoms with Crippen molar-refractivity contribution in [1.29, 1.82) is 0 Å². The Bertz CT molecular complexity index is 568. The number of rotatable bonds is 6. The fourth-order valence-electron chi connectivity index (χ4n) is 1.76. The summed E-state index contributed by atoms with van der Waals surface area (Å²) in [6.07, 6.45) is 1.83. The Labute approximate surface area is 123 Å². The van der Waals surface area contributed by atoms with Gasteiger partial charge in [-0.25, -0.2) is 0 Å². The van der Waals surface area contributed by atoms with Crippen molar-refractivity contribution >= 4 is 11.6 Å². The van der Waals surface area contributed by atoms with Crippen molar-refractivity contribution in [2.24, 2.45) is 7.05 Å². The minimum Gasteiger partial charge on any atom is -0.487 e. The Morgan fingerprint density at radius 3 is 2.85 bits per heavy atom. The van der Waals surface area contributed by atoms with Gasteiger partial charge in [-0.2, -0.15) is 0 Å². The van der Waals surface area contributed by atoms with Crippen molar-refractivity contribution in [3.8, 4) is 5.75 Å². The standard InChI is InChI=1S/C14H19ClN4O/c1-10(2)16-7-12-13(15)5-4-6-14(12)20-9-11-8-19(3)18-17-11/h4-6,8,10,16H,7,9H2,1-3H3. The van der Waals surface area contributed by atoms with Crippen LogP contribution in [-0.2, 0) is 20.2 Å². The minimum absolute atomic E-state index is 0.378. The van der Waals surface area contributed by atoms with Crippen LogP contribution in [0.25, 0.3) is 0 Å². The quantitative estimate of drug-likeness (QED) is 0.889. The molecule has 0 fully saturated rings. The van der Waals surface area contributed by atoms with E-state index >= 15 is 0 Å². The third kappa shape index (κ3) is 3.95. The zero-order valence-corrected chi connectivity index (χ0v) is 12.7. The van der Waals surface area contributed by atoms with Gasteiger partial charge >= 0.3 is 0 Å². The van der Waals surface area contributed by atoms with Gasteiger partial charge in [0, 0.05) is 30.2 Å². The summed E-state index contributed by atoms with van der Waals surface area (Å²) in [5.74, 6) is 0.774. The first-order valence-corrected chi connectivity index (χ1v) is 6.93. The topological polar surface area (TPSA) is 52.0 Å². The molecule has 0 atom stereocenters. The van der Waals surface area contributed by atoms with Gasteiger partial charge in [0.25, 0.3) is 0 Å². The lowest BCUT2D eigenvalue weighted by atomic mass is 10.2. The molecule has 5 nitrogen and oxygen atoms in total. The Kier molecular flexibility index (Phi) is 4.98. The molecule has 1 aromatic heterocycles. The van der Waals surface area contributed by atoms with Gasteiger partial charge in [-0.1, -0.05) is 36.7 Å². The third-order valence-electron chi connectivity index (χ3n) is 2.79. The van der Waals surface area contributed by atoms with Gasteiger partial charge < -0.3 is 10.1 Å². The van der Waals surface area contributed by atoms with Gasteiger partial charge in [-0.15, -0.1) is 5.10 Å². The molecule has 0 unspecified atom stereocenters. The Balaban J connectivity index is 2.08. The fourth-order valence-corrected chi connectivity index (χ4v) is 2.00. The lowest BCUT2D eigenvalue weighted by Gasteiger charge is -2.14. The second-order valence-electron chi connectivity index (χ2n) is 4.92. The van der Waals surface area contributed by atoms with Gasteiger partial charge in [-0.05, 0) is 12.1 Å². The van der Waals surface area contributed by atoms with E-state index in [-0.39, 0.29) is 0 Å². The molecule has 6 heteroatoms. The number of hydrogen-bond donors (Lipinski definition) is 1. The average Bonchev–Trinajstić information content (AvgIpc) is 2.81. The summed E-state index contributed by atoms with van der Waals surface area (Å²) in [6.45, 7) is 5.24. The number of benzene rings is 1. The molecule has 1 aromatic carbocycles. The van der Waals surface area contributed by atoms with Crippen LogP contribution >= 0.6 is 11.6 Å². The number of halogens is 1. The first-order chi connectivity index (χ1) is 9.56. The molecular weight excluding hydrogens is 276 g/mol. The molecule has 0 aliphatic heterocycles. The van der Waals surface area contributed by atoms with E-state index in [4.69, 9.17) is 16.3 Å². The summed E-state index contributed by atoms with van der Waals surface area (Å²) < 4.78 is 7.46. The van der Waals surface area contributed by atoms with E-state index in [1.165, 1.54) is 0 Å². The smallest absolute Gasteiger partial charge is 0.134 e. The molecule has 0 radical (unpaired) electrons. The second-order valence-corrected chi connectivity index (χ2v) is 5.33. The molecule has 1 heterocycles. The van der Waals surface area contributed by atoms with Crippen molar-refractivity contribution in [3.63, 3.8) is 0 Å². The monoisotopic (exact) mass is 294 g/mol. The van der Waals surface area contributed by atoms with E-state index in [9.17, 15) is 0 Å². The molecule has 108 valence electrons. The van der Waals surface area contributed by atoms with Crippen molar-refractivity contribution in [3.05, 3.63) is 40.7 Å². The number of ether oxygens (including phenoxy) is 1. The fraction of sp³-hybridized carbons (Fsp3) is 0.429. The maximum Gasteiger partial charge on any atom is 0.134 e. The van der Waals surface area contributed by atoms with Crippen molar-refractivity contribution in [2.45, 2.75) is 33.0 Å². The molecule has 20 heavy (non-hydrogen) atoms. The molecule has 2 rings (SSSR count). The highest BCUT2D eigenvalue weighted by Crippen LogP contribution is 2.27. The SMILES string of the molecule is CC(C)NCc1c(Cl)cccc1OCc1cn(C)nn1. The van der Waals surface area contributed by atoms with Crippen molar-refractivity contribution in [1.82, 2.24) is 20.3 Å². The highest BCUT2D eigenvalue weighted by molar-refractivity contribution is 6.31. The predicted molar refractivity (Wildman–Crippen MR) is 78.8 cm³/mol. The number of hydrogen-bond acceptors (Lipinski definition) is 4. The normalized spacial score (nSPS) is 11.1. The van der Waals surface area contributed by atoms with Crippen LogP contribution in [0.4, 0.5) is 0 Å². The molecule has 2 aromatic rings. The number of aryl methyl sites for hydroxylation is 1. The van der Waals surface area contributed by atoms with Crippen LogP contribution in [0.15, 0.2) is 24.4 Å². The van der Waals surface area contributed by atoms with Gasteiger partial charge in [0.05, 0.1) is 6.20 Å². The predicted octanol–water partition coefficient (Wildman–Crippen LogP) is 2.55. The number of nitrogens with one attached hydrogen (secondary N) is 1. The lowest BCUT2D eigenvalue weighted by molar-refractivity contribution is 0.297. The van der Waals surface area contributed by atoms with Crippen LogP contribution in [0.1, 0.15) is 25.1 Å². The first-order valence-electron chi connectivity index (χ1n) is 6.55. The van der Waals surface area contributed by atoms with E-state index in [2.05, 4.69) is 29.5 Å². The Morgan fingerprint density at radius 2 is 2.20 bits per heavy atom. The highest BCUT2D eigenvalue weighted by atomic mass is 35.5. The van der Waals surface area contributed by atoms with Gasteiger partial charge in [0.15, 0.2) is 0 Å². The largest absolute Gasteiger partial charge is 0.487 e. The number of aromatic nitrogens is 3. The summed E-state index contributed by atoms with van der Waals surface area (Å²) in [5.41, 5.74) is 1.75. The maximum absolute atomic E-state index is 6.25. The summed E-state index contributed by atoms with van der Waals surface area (Å²) in [5, 5.41) is 11.9. The van der Waals surface area contributed by atoms with Crippen molar-refractivity contribution < 1.29 is 4.74 Å². The minimum atomic E-state index is 0.378. The molecule has 1 N–H and O–H groups in total. The Hall–Kier alpha value is -1.59. The first kappa shape index (κ1) is 14.8. The Morgan fingerprint density at radius 1 is 1.40 bits per heavy atom. The van der Waals surface area contributed by atoms with E-state index in [1.807, 2.05) is 31.4 Å². The zero-order chi connectivity index (χ0) is 14.5. The summed E-state index contributed by atoms with van der Waals surface area (Å²) >= 11 is 6.25. The summed E-state index contributed by atoms with van der Waals surface area (Å²) in [6, 6.07) is 6.06. The van der Waals surface area contributed by atoms with Gasteiger partial charge in [0.2, 0.25) is 0 Å². The molecule has 0 bridgehead atoms. The molecule has 0 saturated carbocycles. The van der Waals surface area contributed by atoms with Gasteiger partial charge in [0.1, 0.15) is 18.1 Å². The summed E-state index contributed by atoms with van der Waals surface area (Å²) in [4.78, 5) is 0. The van der Waals surface area contributed by atoms with E-state index in [1.54, 1.807) is 4.68 Å². The summed E-state index contributed by atoms with van der Waals surface area (Å²) in [7, 11) is 1.83. The molecule has 0 aliphatic carbocycles. The highest BCUT2D eigenvalue weighted by Gasteiger charge is 2.09. The molecule has 0 aliphatic rings. The van der Waals surface area contributed by atoms with Gasteiger partial charge in [-0.3, -0.25) is 4.68 Å². The molecule has 0 saturated heterocycles. The zero-order valence-electron chi connectivity index (χ0n) is 11.9. The van der Waals surface area contributed by atoms with Crippen LogP contribution < -0.4 is 10.1 Å².